The fraction of sp³-hybridized carbons (Fsp3) is 0.190. The first-order valence-corrected chi connectivity index (χ1v) is 10.1. The molecule has 1 fully saturated rings. The molecular weight excluding hydrogens is 470 g/mol. The zero-order valence-electron chi connectivity index (χ0n) is 15.1. The summed E-state index contributed by atoms with van der Waals surface area (Å²) >= 11 is 2.23. The largest absolute Gasteiger partial charge is 0.353 e. The van der Waals surface area contributed by atoms with Crippen LogP contribution in [0.25, 0.3) is 11.3 Å². The predicted octanol–water partition coefficient (Wildman–Crippen LogP) is 3.85. The van der Waals surface area contributed by atoms with Crippen molar-refractivity contribution in [2.45, 2.75) is 0 Å². The second kappa shape index (κ2) is 8.22. The van der Waals surface area contributed by atoms with Crippen LogP contribution in [0.5, 0.6) is 0 Å². The van der Waals surface area contributed by atoms with Gasteiger partial charge in [0.05, 0.1) is 5.69 Å². The molecule has 1 aliphatic heterocycles. The smallest absolute Gasteiger partial charge is 0.253 e. The Balaban J connectivity index is 1.44. The third-order valence-corrected chi connectivity index (χ3v) is 5.49. The number of benzene rings is 2. The zero-order chi connectivity index (χ0) is 19.5. The van der Waals surface area contributed by atoms with Crippen LogP contribution in [0.15, 0.2) is 60.9 Å². The van der Waals surface area contributed by atoms with Gasteiger partial charge in [0, 0.05) is 46.9 Å². The van der Waals surface area contributed by atoms with Crippen molar-refractivity contribution in [3.05, 3.63) is 75.9 Å². The lowest BCUT2D eigenvalue weighted by atomic mass is 10.1. The van der Waals surface area contributed by atoms with Crippen LogP contribution >= 0.6 is 22.6 Å². The Labute approximate surface area is 176 Å². The number of rotatable bonds is 3. The molecule has 5 nitrogen and oxygen atoms in total. The maximum atomic E-state index is 13.1. The van der Waals surface area contributed by atoms with E-state index in [0.717, 1.165) is 26.2 Å². The van der Waals surface area contributed by atoms with Crippen molar-refractivity contribution in [2.75, 3.05) is 31.1 Å². The molecule has 0 unspecified atom stereocenters. The van der Waals surface area contributed by atoms with Gasteiger partial charge in [-0.2, -0.15) is 0 Å². The van der Waals surface area contributed by atoms with E-state index in [9.17, 15) is 9.18 Å². The van der Waals surface area contributed by atoms with Crippen LogP contribution in [0.3, 0.4) is 0 Å². The average molecular weight is 488 g/mol. The second-order valence-electron chi connectivity index (χ2n) is 6.55. The van der Waals surface area contributed by atoms with Crippen molar-refractivity contribution < 1.29 is 9.18 Å². The third kappa shape index (κ3) is 4.14. The number of hydrogen-bond acceptors (Lipinski definition) is 4. The van der Waals surface area contributed by atoms with Crippen LogP contribution in [0, 0.1) is 9.39 Å². The Morgan fingerprint density at radius 1 is 0.929 bits per heavy atom. The van der Waals surface area contributed by atoms with Gasteiger partial charge < -0.3 is 9.80 Å². The fourth-order valence-corrected chi connectivity index (χ4v) is 3.57. The molecule has 1 amide bonds. The standard InChI is InChI=1S/C21H18FIN4O/c22-17-5-1-15(2-6-17)19-13-20(25-14-24-19)26-9-11-27(12-10-26)21(28)16-3-7-18(23)8-4-16/h1-8,13-14H,9-12H2. The van der Waals surface area contributed by atoms with Crippen LogP contribution < -0.4 is 4.90 Å². The summed E-state index contributed by atoms with van der Waals surface area (Å²) < 4.78 is 14.3. The number of halogens is 2. The summed E-state index contributed by atoms with van der Waals surface area (Å²) in [5.74, 6) is 0.605. The molecule has 0 saturated carbocycles. The summed E-state index contributed by atoms with van der Waals surface area (Å²) in [6.07, 6.45) is 1.52. The molecular formula is C21H18FIN4O. The predicted molar refractivity (Wildman–Crippen MR) is 115 cm³/mol. The molecule has 2 heterocycles. The number of carbonyl (C=O) groups is 1. The van der Waals surface area contributed by atoms with E-state index in [4.69, 9.17) is 0 Å². The molecule has 1 aliphatic rings. The molecule has 3 aromatic rings. The third-order valence-electron chi connectivity index (χ3n) is 4.77. The van der Waals surface area contributed by atoms with Crippen LogP contribution in [0.4, 0.5) is 10.2 Å². The van der Waals surface area contributed by atoms with Gasteiger partial charge in [-0.25, -0.2) is 14.4 Å². The van der Waals surface area contributed by atoms with Gasteiger partial charge in [0.1, 0.15) is 18.0 Å². The molecule has 0 N–H and O–H groups in total. The maximum absolute atomic E-state index is 13.1. The summed E-state index contributed by atoms with van der Waals surface area (Å²) in [4.78, 5) is 25.4. The number of aromatic nitrogens is 2. The highest BCUT2D eigenvalue weighted by Gasteiger charge is 2.23. The summed E-state index contributed by atoms with van der Waals surface area (Å²) in [6.45, 7) is 2.69. The number of anilines is 1. The Bertz CT molecular complexity index is 970. The van der Waals surface area contributed by atoms with Crippen molar-refractivity contribution in [2.24, 2.45) is 0 Å². The number of nitrogens with zero attached hydrogens (tertiary/aromatic N) is 4. The highest BCUT2D eigenvalue weighted by atomic mass is 127. The van der Waals surface area contributed by atoms with Crippen LogP contribution in [0.2, 0.25) is 0 Å². The minimum Gasteiger partial charge on any atom is -0.353 e. The number of amides is 1. The minimum atomic E-state index is -0.271. The maximum Gasteiger partial charge on any atom is 0.253 e. The van der Waals surface area contributed by atoms with Crippen molar-refractivity contribution in [3.8, 4) is 11.3 Å². The van der Waals surface area contributed by atoms with E-state index in [1.54, 1.807) is 12.1 Å². The first kappa shape index (κ1) is 18.8. The quantitative estimate of drug-likeness (QED) is 0.526. The normalized spacial score (nSPS) is 14.2. The zero-order valence-corrected chi connectivity index (χ0v) is 17.2. The van der Waals surface area contributed by atoms with Gasteiger partial charge in [-0.3, -0.25) is 4.79 Å². The summed E-state index contributed by atoms with van der Waals surface area (Å²) in [5.41, 5.74) is 2.31. The molecule has 0 bridgehead atoms. The lowest BCUT2D eigenvalue weighted by molar-refractivity contribution is 0.0746. The second-order valence-corrected chi connectivity index (χ2v) is 7.80. The van der Waals surface area contributed by atoms with Crippen LogP contribution in [0.1, 0.15) is 10.4 Å². The molecule has 7 heteroatoms. The summed E-state index contributed by atoms with van der Waals surface area (Å²) in [6, 6.07) is 15.8. The van der Waals surface area contributed by atoms with Crippen LogP contribution in [-0.4, -0.2) is 47.0 Å². The van der Waals surface area contributed by atoms with Crippen molar-refractivity contribution in [1.29, 1.82) is 0 Å². The Morgan fingerprint density at radius 2 is 1.61 bits per heavy atom. The van der Waals surface area contributed by atoms with E-state index in [0.29, 0.717) is 26.2 Å². The lowest BCUT2D eigenvalue weighted by Gasteiger charge is -2.35. The molecule has 0 spiro atoms. The highest BCUT2D eigenvalue weighted by Crippen LogP contribution is 2.22. The molecule has 0 aliphatic carbocycles. The topological polar surface area (TPSA) is 49.3 Å². The van der Waals surface area contributed by atoms with Gasteiger partial charge in [-0.1, -0.05) is 0 Å². The molecule has 142 valence electrons. The molecule has 0 radical (unpaired) electrons. The Hall–Kier alpha value is -2.55. The van der Waals surface area contributed by atoms with Gasteiger partial charge in [0.15, 0.2) is 0 Å². The van der Waals surface area contributed by atoms with Gasteiger partial charge in [-0.15, -0.1) is 0 Å². The molecule has 2 aromatic carbocycles. The van der Waals surface area contributed by atoms with E-state index in [2.05, 4.69) is 37.5 Å². The van der Waals surface area contributed by atoms with E-state index in [1.807, 2.05) is 35.2 Å². The first-order chi connectivity index (χ1) is 13.6. The van der Waals surface area contributed by atoms with E-state index >= 15 is 0 Å². The van der Waals surface area contributed by atoms with Gasteiger partial charge in [0.25, 0.3) is 5.91 Å². The highest BCUT2D eigenvalue weighted by molar-refractivity contribution is 14.1. The van der Waals surface area contributed by atoms with E-state index in [1.165, 1.54) is 18.5 Å². The van der Waals surface area contributed by atoms with Crippen molar-refractivity contribution in [3.63, 3.8) is 0 Å². The van der Waals surface area contributed by atoms with Gasteiger partial charge >= 0.3 is 0 Å². The molecule has 1 aromatic heterocycles. The average Bonchev–Trinajstić information content (AvgIpc) is 2.74. The monoisotopic (exact) mass is 488 g/mol. The SMILES string of the molecule is O=C(c1ccc(I)cc1)N1CCN(c2cc(-c3ccc(F)cc3)ncn2)CC1. The Morgan fingerprint density at radius 3 is 2.29 bits per heavy atom. The van der Waals surface area contributed by atoms with E-state index < -0.39 is 0 Å². The van der Waals surface area contributed by atoms with Crippen molar-refractivity contribution in [1.82, 2.24) is 14.9 Å². The molecule has 1 saturated heterocycles. The van der Waals surface area contributed by atoms with Gasteiger partial charge in [-0.05, 0) is 71.1 Å². The minimum absolute atomic E-state index is 0.0609. The van der Waals surface area contributed by atoms with Gasteiger partial charge in [0.2, 0.25) is 0 Å². The molecule has 4 rings (SSSR count). The van der Waals surface area contributed by atoms with Crippen LogP contribution in [-0.2, 0) is 0 Å². The summed E-state index contributed by atoms with van der Waals surface area (Å²) in [5, 5.41) is 0. The number of hydrogen-bond donors (Lipinski definition) is 0. The molecule has 0 atom stereocenters. The fourth-order valence-electron chi connectivity index (χ4n) is 3.21. The molecule has 28 heavy (non-hydrogen) atoms. The van der Waals surface area contributed by atoms with Crippen molar-refractivity contribution >= 4 is 34.3 Å². The lowest BCUT2D eigenvalue weighted by Crippen LogP contribution is -2.49. The van der Waals surface area contributed by atoms with E-state index in [-0.39, 0.29) is 11.7 Å². The number of carbonyl (C=O) groups excluding carboxylic acids is 1. The first-order valence-electron chi connectivity index (χ1n) is 8.98. The number of piperazine rings is 1. The Kier molecular flexibility index (Phi) is 5.52. The summed E-state index contributed by atoms with van der Waals surface area (Å²) in [7, 11) is 0.